The molecule has 2 fully saturated rings. The Hall–Kier alpha value is -1.16. The molecule has 1 N–H and O–H groups in total. The van der Waals surface area contributed by atoms with Gasteiger partial charge >= 0.3 is 0 Å². The average Bonchev–Trinajstić information content (AvgIpc) is 2.98. The molecule has 18 heavy (non-hydrogen) atoms. The molecule has 1 saturated carbocycles. The van der Waals surface area contributed by atoms with E-state index < -0.39 is 0 Å². The zero-order valence-electron chi connectivity index (χ0n) is 10.7. The van der Waals surface area contributed by atoms with Gasteiger partial charge in [0, 0.05) is 0 Å². The molecule has 3 aliphatic rings. The van der Waals surface area contributed by atoms with E-state index in [-0.39, 0.29) is 54.1 Å². The molecule has 0 aromatic heterocycles. The predicted octanol–water partition coefficient (Wildman–Crippen LogP) is 0.810. The van der Waals surface area contributed by atoms with Gasteiger partial charge in [0.15, 0.2) is 0 Å². The number of rotatable bonds is 3. The minimum Gasteiger partial charge on any atom is -0.394 e. The fourth-order valence-electron chi connectivity index (χ4n) is 3.84. The van der Waals surface area contributed by atoms with Crippen molar-refractivity contribution >= 4 is 11.8 Å². The van der Waals surface area contributed by atoms with Crippen LogP contribution in [0.1, 0.15) is 20.3 Å². The van der Waals surface area contributed by atoms with Crippen LogP contribution in [-0.4, -0.2) is 34.5 Å². The number of likely N-dealkylation sites (tertiary alicyclic amines) is 1. The molecule has 1 aliphatic heterocycles. The molecule has 1 heterocycles. The second-order valence-electron chi connectivity index (χ2n) is 6.04. The molecule has 4 heteroatoms. The van der Waals surface area contributed by atoms with Crippen LogP contribution in [0.3, 0.4) is 0 Å². The number of carbonyl (C=O) groups is 2. The van der Waals surface area contributed by atoms with E-state index in [9.17, 15) is 14.7 Å². The van der Waals surface area contributed by atoms with Crippen molar-refractivity contribution in [2.45, 2.75) is 26.3 Å². The molecule has 0 aromatic carbocycles. The molecule has 4 unspecified atom stereocenters. The normalized spacial score (nSPS) is 39.0. The summed E-state index contributed by atoms with van der Waals surface area (Å²) in [5, 5.41) is 9.44. The lowest BCUT2D eigenvalue weighted by Gasteiger charge is -2.29. The molecule has 0 spiro atoms. The van der Waals surface area contributed by atoms with E-state index in [1.54, 1.807) is 0 Å². The zero-order valence-corrected chi connectivity index (χ0v) is 10.7. The first kappa shape index (κ1) is 11.9. The topological polar surface area (TPSA) is 57.6 Å². The third-order valence-corrected chi connectivity index (χ3v) is 4.79. The van der Waals surface area contributed by atoms with Gasteiger partial charge in [-0.3, -0.25) is 14.5 Å². The standard InChI is InChI=1S/C14H19NO3/c1-7(2)10(6-16)15-13(17)11-8-3-4-9(5-8)12(11)14(15)18/h3-4,7-12,16H,5-6H2,1-2H3/t8?,9?,10-,11?,12?/m0/s1. The first-order valence-corrected chi connectivity index (χ1v) is 6.72. The molecule has 4 nitrogen and oxygen atoms in total. The third-order valence-electron chi connectivity index (χ3n) is 4.79. The van der Waals surface area contributed by atoms with Crippen molar-refractivity contribution in [3.63, 3.8) is 0 Å². The Balaban J connectivity index is 1.92. The highest BCUT2D eigenvalue weighted by molar-refractivity contribution is 6.06. The Bertz CT molecular complexity index is 399. The maximum Gasteiger partial charge on any atom is 0.234 e. The van der Waals surface area contributed by atoms with Crippen LogP contribution in [-0.2, 0) is 9.59 Å². The number of allylic oxidation sites excluding steroid dienone is 2. The molecule has 98 valence electrons. The van der Waals surface area contributed by atoms with E-state index in [1.165, 1.54) is 4.90 Å². The molecular formula is C14H19NO3. The summed E-state index contributed by atoms with van der Waals surface area (Å²) in [7, 11) is 0. The summed E-state index contributed by atoms with van der Waals surface area (Å²) in [6, 6.07) is -0.366. The molecule has 2 aliphatic carbocycles. The lowest BCUT2D eigenvalue weighted by atomic mass is 9.85. The van der Waals surface area contributed by atoms with Gasteiger partial charge in [0.05, 0.1) is 24.5 Å². The third kappa shape index (κ3) is 1.35. The highest BCUT2D eigenvalue weighted by Crippen LogP contribution is 2.53. The molecule has 2 bridgehead atoms. The lowest BCUT2D eigenvalue weighted by molar-refractivity contribution is -0.145. The second kappa shape index (κ2) is 3.92. The Morgan fingerprint density at radius 2 is 1.72 bits per heavy atom. The van der Waals surface area contributed by atoms with Crippen LogP contribution < -0.4 is 0 Å². The number of amides is 2. The van der Waals surface area contributed by atoms with Crippen LogP contribution in [0.5, 0.6) is 0 Å². The fourth-order valence-corrected chi connectivity index (χ4v) is 3.84. The number of carbonyl (C=O) groups excluding carboxylic acids is 2. The predicted molar refractivity (Wildman–Crippen MR) is 65.3 cm³/mol. The Morgan fingerprint density at radius 3 is 2.11 bits per heavy atom. The summed E-state index contributed by atoms with van der Waals surface area (Å²) in [4.78, 5) is 26.3. The van der Waals surface area contributed by atoms with Gasteiger partial charge in [0.2, 0.25) is 11.8 Å². The smallest absolute Gasteiger partial charge is 0.234 e. The van der Waals surface area contributed by atoms with Gasteiger partial charge in [-0.1, -0.05) is 26.0 Å². The number of aliphatic hydroxyl groups is 1. The van der Waals surface area contributed by atoms with Crippen molar-refractivity contribution in [1.29, 1.82) is 0 Å². The fraction of sp³-hybridized carbons (Fsp3) is 0.714. The van der Waals surface area contributed by atoms with Crippen LogP contribution in [0.2, 0.25) is 0 Å². The monoisotopic (exact) mass is 249 g/mol. The first-order chi connectivity index (χ1) is 8.56. The number of hydrogen-bond acceptors (Lipinski definition) is 3. The Kier molecular flexibility index (Phi) is 2.59. The van der Waals surface area contributed by atoms with Gasteiger partial charge in [0.1, 0.15) is 0 Å². The molecule has 3 rings (SSSR count). The van der Waals surface area contributed by atoms with E-state index >= 15 is 0 Å². The van der Waals surface area contributed by atoms with Crippen LogP contribution in [0.15, 0.2) is 12.2 Å². The number of aliphatic hydroxyl groups excluding tert-OH is 1. The van der Waals surface area contributed by atoms with Gasteiger partial charge < -0.3 is 5.11 Å². The van der Waals surface area contributed by atoms with Gasteiger partial charge in [0.25, 0.3) is 0 Å². The van der Waals surface area contributed by atoms with Gasteiger partial charge in [-0.25, -0.2) is 0 Å². The summed E-state index contributed by atoms with van der Waals surface area (Å²) < 4.78 is 0. The van der Waals surface area contributed by atoms with Gasteiger partial charge in [-0.05, 0) is 24.2 Å². The number of fused-ring (bicyclic) bond motifs is 5. The zero-order chi connectivity index (χ0) is 13.0. The number of imide groups is 1. The summed E-state index contributed by atoms with van der Waals surface area (Å²) in [6.45, 7) is 3.72. The average molecular weight is 249 g/mol. The van der Waals surface area contributed by atoms with E-state index in [2.05, 4.69) is 12.2 Å². The highest BCUT2D eigenvalue weighted by atomic mass is 16.3. The summed E-state index contributed by atoms with van der Waals surface area (Å²) >= 11 is 0. The summed E-state index contributed by atoms with van der Waals surface area (Å²) in [6.07, 6.45) is 5.12. The Labute approximate surface area is 107 Å². The van der Waals surface area contributed by atoms with Crippen molar-refractivity contribution in [3.8, 4) is 0 Å². The van der Waals surface area contributed by atoms with Gasteiger partial charge in [-0.2, -0.15) is 0 Å². The van der Waals surface area contributed by atoms with Crippen LogP contribution in [0.4, 0.5) is 0 Å². The highest BCUT2D eigenvalue weighted by Gasteiger charge is 2.60. The number of hydrogen-bond donors (Lipinski definition) is 1. The number of nitrogens with zero attached hydrogens (tertiary/aromatic N) is 1. The lowest BCUT2D eigenvalue weighted by Crippen LogP contribution is -2.46. The van der Waals surface area contributed by atoms with Crippen LogP contribution in [0, 0.1) is 29.6 Å². The van der Waals surface area contributed by atoms with Crippen molar-refractivity contribution < 1.29 is 14.7 Å². The minimum atomic E-state index is -0.366. The first-order valence-electron chi connectivity index (χ1n) is 6.72. The molecule has 1 saturated heterocycles. The van der Waals surface area contributed by atoms with E-state index in [0.29, 0.717) is 0 Å². The van der Waals surface area contributed by atoms with Crippen molar-refractivity contribution in [2.75, 3.05) is 6.61 Å². The second-order valence-corrected chi connectivity index (χ2v) is 6.04. The SMILES string of the molecule is CC(C)[C@H](CO)N1C(=O)C2C3C=CC(C3)C2C1=O. The van der Waals surface area contributed by atoms with Crippen molar-refractivity contribution in [2.24, 2.45) is 29.6 Å². The molecule has 0 radical (unpaired) electrons. The molecular weight excluding hydrogens is 230 g/mol. The molecule has 5 atom stereocenters. The van der Waals surface area contributed by atoms with Crippen molar-refractivity contribution in [3.05, 3.63) is 12.2 Å². The largest absolute Gasteiger partial charge is 0.394 e. The summed E-state index contributed by atoms with van der Waals surface area (Å²) in [5.74, 6) is 0.151. The Morgan fingerprint density at radius 1 is 1.22 bits per heavy atom. The van der Waals surface area contributed by atoms with Crippen LogP contribution >= 0.6 is 0 Å². The maximum atomic E-state index is 12.5. The quantitative estimate of drug-likeness (QED) is 0.595. The molecule has 0 aromatic rings. The van der Waals surface area contributed by atoms with E-state index in [4.69, 9.17) is 0 Å². The van der Waals surface area contributed by atoms with Crippen LogP contribution in [0.25, 0.3) is 0 Å². The maximum absolute atomic E-state index is 12.5. The summed E-state index contributed by atoms with van der Waals surface area (Å²) in [5.41, 5.74) is 0. The van der Waals surface area contributed by atoms with Gasteiger partial charge in [-0.15, -0.1) is 0 Å². The molecule has 2 amide bonds. The minimum absolute atomic E-state index is 0.0606. The van der Waals surface area contributed by atoms with E-state index in [1.807, 2.05) is 13.8 Å². The van der Waals surface area contributed by atoms with E-state index in [0.717, 1.165) is 6.42 Å². The van der Waals surface area contributed by atoms with Crippen molar-refractivity contribution in [1.82, 2.24) is 4.90 Å².